The van der Waals surface area contributed by atoms with Crippen LogP contribution in [0.3, 0.4) is 0 Å². The lowest BCUT2D eigenvalue weighted by molar-refractivity contribution is 0.0471. The van der Waals surface area contributed by atoms with Crippen molar-refractivity contribution in [2.75, 3.05) is 0 Å². The van der Waals surface area contributed by atoms with Crippen molar-refractivity contribution in [1.29, 1.82) is 0 Å². The fraction of sp³-hybridized carbons (Fsp3) is 0.0714. The van der Waals surface area contributed by atoms with E-state index in [1.165, 1.54) is 0 Å². The number of carbonyl (C=O) groups is 1. The van der Waals surface area contributed by atoms with Crippen LogP contribution in [0.4, 0.5) is 0 Å². The minimum absolute atomic E-state index is 0.271. The van der Waals surface area contributed by atoms with Crippen LogP contribution in [0.1, 0.15) is 15.9 Å². The maximum absolute atomic E-state index is 11.8. The molecule has 0 aromatic heterocycles. The number of ether oxygens (including phenoxy) is 1. The summed E-state index contributed by atoms with van der Waals surface area (Å²) >= 11 is 6.68. The first-order valence-corrected chi connectivity index (χ1v) is 6.91. The molecule has 0 atom stereocenters. The summed E-state index contributed by atoms with van der Waals surface area (Å²) in [6.45, 7) is 0.271. The molecule has 0 saturated carbocycles. The van der Waals surface area contributed by atoms with Crippen LogP contribution < -0.4 is 0 Å². The molecule has 0 aliphatic carbocycles. The Bertz CT molecular complexity index is 550. The van der Waals surface area contributed by atoms with Crippen LogP contribution in [0.15, 0.2) is 57.5 Å². The third kappa shape index (κ3) is 3.43. The molecule has 4 heteroatoms. The van der Waals surface area contributed by atoms with Gasteiger partial charge in [0.15, 0.2) is 0 Å². The number of rotatable bonds is 3. The Balaban J connectivity index is 2.01. The first-order chi connectivity index (χ1) is 8.66. The molecule has 2 rings (SSSR count). The van der Waals surface area contributed by atoms with Crippen molar-refractivity contribution in [3.8, 4) is 0 Å². The van der Waals surface area contributed by atoms with E-state index in [1.54, 1.807) is 12.1 Å². The molecule has 0 bridgehead atoms. The minimum atomic E-state index is -0.328. The zero-order valence-corrected chi connectivity index (χ0v) is 12.6. The van der Waals surface area contributed by atoms with Gasteiger partial charge in [-0.25, -0.2) is 4.79 Å². The third-order valence-electron chi connectivity index (χ3n) is 2.38. The molecular weight excluding hydrogens is 360 g/mol. The van der Waals surface area contributed by atoms with Crippen molar-refractivity contribution < 1.29 is 9.53 Å². The van der Waals surface area contributed by atoms with Crippen molar-refractivity contribution in [2.45, 2.75) is 6.61 Å². The molecule has 2 aromatic carbocycles. The molecule has 0 spiro atoms. The summed E-state index contributed by atoms with van der Waals surface area (Å²) in [6.07, 6.45) is 0. The molecule has 0 heterocycles. The predicted octanol–water partition coefficient (Wildman–Crippen LogP) is 4.57. The van der Waals surface area contributed by atoms with E-state index in [2.05, 4.69) is 31.9 Å². The molecule has 0 aliphatic rings. The standard InChI is InChI=1S/C14H10Br2O2/c15-11-7-5-10(6-8-11)9-18-14(17)12-3-1-2-4-13(12)16/h1-8H,9H2. The van der Waals surface area contributed by atoms with E-state index in [0.29, 0.717) is 5.56 Å². The minimum Gasteiger partial charge on any atom is -0.457 e. The van der Waals surface area contributed by atoms with Crippen molar-refractivity contribution in [1.82, 2.24) is 0 Å². The highest BCUT2D eigenvalue weighted by molar-refractivity contribution is 9.10. The average Bonchev–Trinajstić information content (AvgIpc) is 2.38. The summed E-state index contributed by atoms with van der Waals surface area (Å²) in [6, 6.07) is 14.9. The number of hydrogen-bond acceptors (Lipinski definition) is 2. The largest absolute Gasteiger partial charge is 0.457 e. The number of carbonyl (C=O) groups excluding carboxylic acids is 1. The monoisotopic (exact) mass is 368 g/mol. The zero-order chi connectivity index (χ0) is 13.0. The first-order valence-electron chi connectivity index (χ1n) is 5.33. The van der Waals surface area contributed by atoms with Gasteiger partial charge < -0.3 is 4.74 Å². The van der Waals surface area contributed by atoms with Gasteiger partial charge in [0, 0.05) is 8.95 Å². The fourth-order valence-electron chi connectivity index (χ4n) is 1.43. The van der Waals surface area contributed by atoms with Crippen molar-refractivity contribution in [3.63, 3.8) is 0 Å². The summed E-state index contributed by atoms with van der Waals surface area (Å²) in [5, 5.41) is 0. The topological polar surface area (TPSA) is 26.3 Å². The van der Waals surface area contributed by atoms with Gasteiger partial charge >= 0.3 is 5.97 Å². The predicted molar refractivity (Wildman–Crippen MR) is 77.4 cm³/mol. The molecule has 0 amide bonds. The summed E-state index contributed by atoms with van der Waals surface area (Å²) in [5.74, 6) is -0.328. The van der Waals surface area contributed by atoms with Crippen LogP contribution >= 0.6 is 31.9 Å². The number of hydrogen-bond donors (Lipinski definition) is 0. The Kier molecular flexibility index (Phi) is 4.55. The molecule has 0 saturated heterocycles. The highest BCUT2D eigenvalue weighted by Crippen LogP contribution is 2.18. The van der Waals surface area contributed by atoms with Gasteiger partial charge in [-0.05, 0) is 45.8 Å². The van der Waals surface area contributed by atoms with E-state index in [1.807, 2.05) is 36.4 Å². The van der Waals surface area contributed by atoms with Crippen molar-refractivity contribution in [2.24, 2.45) is 0 Å². The summed E-state index contributed by atoms with van der Waals surface area (Å²) in [7, 11) is 0. The summed E-state index contributed by atoms with van der Waals surface area (Å²) in [5.41, 5.74) is 1.49. The van der Waals surface area contributed by atoms with Crippen LogP contribution in [0.25, 0.3) is 0 Å². The van der Waals surface area contributed by atoms with Crippen LogP contribution in [0, 0.1) is 0 Å². The number of benzene rings is 2. The SMILES string of the molecule is O=C(OCc1ccc(Br)cc1)c1ccccc1Br. The van der Waals surface area contributed by atoms with Gasteiger partial charge in [0.1, 0.15) is 6.61 Å². The number of halogens is 2. The fourth-order valence-corrected chi connectivity index (χ4v) is 2.14. The second-order valence-corrected chi connectivity index (χ2v) is 5.45. The van der Waals surface area contributed by atoms with Crippen LogP contribution in [-0.2, 0) is 11.3 Å². The maximum atomic E-state index is 11.8. The number of esters is 1. The molecule has 92 valence electrons. The molecule has 0 unspecified atom stereocenters. The summed E-state index contributed by atoms with van der Waals surface area (Å²) in [4.78, 5) is 11.8. The molecule has 0 radical (unpaired) electrons. The van der Waals surface area contributed by atoms with E-state index >= 15 is 0 Å². The van der Waals surface area contributed by atoms with Gasteiger partial charge in [-0.1, -0.05) is 40.2 Å². The zero-order valence-electron chi connectivity index (χ0n) is 9.40. The average molecular weight is 370 g/mol. The van der Waals surface area contributed by atoms with E-state index in [4.69, 9.17) is 4.74 Å². The lowest BCUT2D eigenvalue weighted by Crippen LogP contribution is -2.05. The van der Waals surface area contributed by atoms with Gasteiger partial charge in [-0.15, -0.1) is 0 Å². The maximum Gasteiger partial charge on any atom is 0.339 e. The van der Waals surface area contributed by atoms with Crippen LogP contribution in [0.5, 0.6) is 0 Å². The Hall–Kier alpha value is -1.13. The molecule has 0 fully saturated rings. The van der Waals surface area contributed by atoms with Gasteiger partial charge in [-0.3, -0.25) is 0 Å². The molecule has 18 heavy (non-hydrogen) atoms. The normalized spacial score (nSPS) is 10.1. The smallest absolute Gasteiger partial charge is 0.339 e. The summed E-state index contributed by atoms with van der Waals surface area (Å²) < 4.78 is 7.00. The van der Waals surface area contributed by atoms with E-state index in [0.717, 1.165) is 14.5 Å². The van der Waals surface area contributed by atoms with Gasteiger partial charge in [0.05, 0.1) is 5.56 Å². The molecule has 2 aromatic rings. The third-order valence-corrected chi connectivity index (χ3v) is 3.60. The van der Waals surface area contributed by atoms with Crippen LogP contribution in [0.2, 0.25) is 0 Å². The lowest BCUT2D eigenvalue weighted by atomic mass is 10.2. The molecular formula is C14H10Br2O2. The van der Waals surface area contributed by atoms with Gasteiger partial charge in [-0.2, -0.15) is 0 Å². The van der Waals surface area contributed by atoms with E-state index in [9.17, 15) is 4.79 Å². The Morgan fingerprint density at radius 2 is 1.67 bits per heavy atom. The Morgan fingerprint density at radius 3 is 2.33 bits per heavy atom. The van der Waals surface area contributed by atoms with Gasteiger partial charge in [0.25, 0.3) is 0 Å². The van der Waals surface area contributed by atoms with Crippen molar-refractivity contribution >= 4 is 37.8 Å². The Labute approximate surface area is 122 Å². The highest BCUT2D eigenvalue weighted by atomic mass is 79.9. The quantitative estimate of drug-likeness (QED) is 0.741. The molecule has 0 N–H and O–H groups in total. The van der Waals surface area contributed by atoms with Crippen LogP contribution in [-0.4, -0.2) is 5.97 Å². The second kappa shape index (κ2) is 6.16. The van der Waals surface area contributed by atoms with Crippen molar-refractivity contribution in [3.05, 3.63) is 68.6 Å². The molecule has 0 aliphatic heterocycles. The van der Waals surface area contributed by atoms with E-state index in [-0.39, 0.29) is 12.6 Å². The highest BCUT2D eigenvalue weighted by Gasteiger charge is 2.10. The second-order valence-electron chi connectivity index (χ2n) is 3.68. The van der Waals surface area contributed by atoms with Gasteiger partial charge in [0.2, 0.25) is 0 Å². The molecule has 2 nitrogen and oxygen atoms in total. The van der Waals surface area contributed by atoms with E-state index < -0.39 is 0 Å². The first kappa shape index (κ1) is 13.3. The Morgan fingerprint density at radius 1 is 1.00 bits per heavy atom. The lowest BCUT2D eigenvalue weighted by Gasteiger charge is -2.06.